The maximum atomic E-state index is 11.4. The first kappa shape index (κ1) is 14.9. The van der Waals surface area contributed by atoms with Crippen molar-refractivity contribution >= 4 is 18.0 Å². The van der Waals surface area contributed by atoms with E-state index < -0.39 is 5.97 Å². The fourth-order valence-electron chi connectivity index (χ4n) is 1.46. The first-order valence-electron chi connectivity index (χ1n) is 5.89. The van der Waals surface area contributed by atoms with Crippen molar-refractivity contribution in [3.63, 3.8) is 0 Å². The SMILES string of the molecule is CN(C)CC(=O)NCc1ccc(/C=C/C(=O)O)cc1. The van der Waals surface area contributed by atoms with Gasteiger partial charge in [0.25, 0.3) is 0 Å². The number of rotatable bonds is 6. The van der Waals surface area contributed by atoms with E-state index in [1.54, 1.807) is 4.90 Å². The van der Waals surface area contributed by atoms with E-state index in [2.05, 4.69) is 5.32 Å². The van der Waals surface area contributed by atoms with Gasteiger partial charge in [-0.2, -0.15) is 0 Å². The van der Waals surface area contributed by atoms with E-state index in [0.29, 0.717) is 13.1 Å². The van der Waals surface area contributed by atoms with Crippen LogP contribution in [0.2, 0.25) is 0 Å². The number of nitrogens with one attached hydrogen (secondary N) is 1. The number of carbonyl (C=O) groups excluding carboxylic acids is 1. The lowest BCUT2D eigenvalue weighted by atomic mass is 10.1. The number of carbonyl (C=O) groups is 2. The van der Waals surface area contributed by atoms with Crippen LogP contribution in [-0.4, -0.2) is 42.5 Å². The third kappa shape index (κ3) is 6.38. The Hall–Kier alpha value is -2.14. The van der Waals surface area contributed by atoms with Gasteiger partial charge in [-0.25, -0.2) is 4.79 Å². The average Bonchev–Trinajstić information content (AvgIpc) is 2.34. The highest BCUT2D eigenvalue weighted by Gasteiger charge is 2.02. The van der Waals surface area contributed by atoms with Crippen LogP contribution in [0.5, 0.6) is 0 Å². The third-order valence-electron chi connectivity index (χ3n) is 2.35. The normalized spacial score (nSPS) is 10.9. The van der Waals surface area contributed by atoms with Crippen molar-refractivity contribution in [2.24, 2.45) is 0 Å². The number of nitrogens with zero attached hydrogens (tertiary/aromatic N) is 1. The summed E-state index contributed by atoms with van der Waals surface area (Å²) in [5.41, 5.74) is 1.78. The van der Waals surface area contributed by atoms with Crippen molar-refractivity contribution in [2.75, 3.05) is 20.6 Å². The lowest BCUT2D eigenvalue weighted by molar-refractivity contribution is -0.131. The van der Waals surface area contributed by atoms with Gasteiger partial charge in [0, 0.05) is 12.6 Å². The number of hydrogen-bond donors (Lipinski definition) is 2. The third-order valence-corrected chi connectivity index (χ3v) is 2.35. The second kappa shape index (κ2) is 7.33. The molecule has 0 aromatic heterocycles. The van der Waals surface area contributed by atoms with Gasteiger partial charge in [0.1, 0.15) is 0 Å². The molecule has 0 fully saturated rings. The lowest BCUT2D eigenvalue weighted by Gasteiger charge is -2.10. The van der Waals surface area contributed by atoms with Crippen LogP contribution in [-0.2, 0) is 16.1 Å². The van der Waals surface area contributed by atoms with Crippen molar-refractivity contribution in [3.8, 4) is 0 Å². The highest BCUT2D eigenvalue weighted by molar-refractivity contribution is 5.85. The molecule has 0 aliphatic heterocycles. The Balaban J connectivity index is 2.48. The van der Waals surface area contributed by atoms with Crippen LogP contribution < -0.4 is 5.32 Å². The van der Waals surface area contributed by atoms with Gasteiger partial charge in [-0.05, 0) is 31.3 Å². The monoisotopic (exact) mass is 262 g/mol. The Bertz CT molecular complexity index is 464. The van der Waals surface area contributed by atoms with E-state index in [1.807, 2.05) is 38.4 Å². The van der Waals surface area contributed by atoms with Crippen LogP contribution in [0.1, 0.15) is 11.1 Å². The molecule has 5 heteroatoms. The largest absolute Gasteiger partial charge is 0.478 e. The molecule has 0 spiro atoms. The fraction of sp³-hybridized carbons (Fsp3) is 0.286. The first-order valence-corrected chi connectivity index (χ1v) is 5.89. The maximum absolute atomic E-state index is 11.4. The van der Waals surface area contributed by atoms with E-state index in [0.717, 1.165) is 17.2 Å². The smallest absolute Gasteiger partial charge is 0.328 e. The van der Waals surface area contributed by atoms with Crippen LogP contribution in [0.15, 0.2) is 30.3 Å². The molecule has 0 heterocycles. The van der Waals surface area contributed by atoms with Crippen LogP contribution in [0, 0.1) is 0 Å². The summed E-state index contributed by atoms with van der Waals surface area (Å²) in [4.78, 5) is 23.6. The molecular formula is C14H18N2O3. The van der Waals surface area contributed by atoms with Crippen LogP contribution in [0.25, 0.3) is 6.08 Å². The minimum absolute atomic E-state index is 0.0279. The number of carboxylic acids is 1. The summed E-state index contributed by atoms with van der Waals surface area (Å²) in [6.07, 6.45) is 2.62. The molecule has 0 unspecified atom stereocenters. The molecule has 1 aromatic carbocycles. The summed E-state index contributed by atoms with van der Waals surface area (Å²) < 4.78 is 0. The van der Waals surface area contributed by atoms with E-state index >= 15 is 0 Å². The summed E-state index contributed by atoms with van der Waals surface area (Å²) in [5.74, 6) is -1.00. The van der Waals surface area contributed by atoms with E-state index in [9.17, 15) is 9.59 Å². The zero-order valence-electron chi connectivity index (χ0n) is 11.1. The quantitative estimate of drug-likeness (QED) is 0.749. The molecule has 19 heavy (non-hydrogen) atoms. The number of benzene rings is 1. The molecule has 102 valence electrons. The van der Waals surface area contributed by atoms with Crippen molar-refractivity contribution in [1.29, 1.82) is 0 Å². The van der Waals surface area contributed by atoms with Gasteiger partial charge in [-0.1, -0.05) is 24.3 Å². The number of carboxylic acid groups (broad SMARTS) is 1. The molecule has 2 N–H and O–H groups in total. The highest BCUT2D eigenvalue weighted by Crippen LogP contribution is 2.06. The molecular weight excluding hydrogens is 244 g/mol. The Kier molecular flexibility index (Phi) is 5.75. The summed E-state index contributed by atoms with van der Waals surface area (Å²) in [7, 11) is 3.67. The second-order valence-corrected chi connectivity index (χ2v) is 4.43. The number of aliphatic carboxylic acids is 1. The van der Waals surface area contributed by atoms with E-state index in [1.165, 1.54) is 6.08 Å². The van der Waals surface area contributed by atoms with Gasteiger partial charge >= 0.3 is 5.97 Å². The van der Waals surface area contributed by atoms with Crippen molar-refractivity contribution in [3.05, 3.63) is 41.5 Å². The van der Waals surface area contributed by atoms with Gasteiger partial charge in [-0.15, -0.1) is 0 Å². The number of hydrogen-bond acceptors (Lipinski definition) is 3. The highest BCUT2D eigenvalue weighted by atomic mass is 16.4. The number of likely N-dealkylation sites (N-methyl/N-ethyl adjacent to an activating group) is 1. The minimum Gasteiger partial charge on any atom is -0.478 e. The Morgan fingerprint density at radius 3 is 2.42 bits per heavy atom. The molecule has 0 saturated heterocycles. The molecule has 0 atom stereocenters. The lowest BCUT2D eigenvalue weighted by Crippen LogP contribution is -2.32. The Morgan fingerprint density at radius 1 is 1.26 bits per heavy atom. The van der Waals surface area contributed by atoms with E-state index in [-0.39, 0.29) is 5.91 Å². The zero-order valence-corrected chi connectivity index (χ0v) is 11.1. The van der Waals surface area contributed by atoms with Crippen molar-refractivity contribution < 1.29 is 14.7 Å². The van der Waals surface area contributed by atoms with Gasteiger partial charge in [0.15, 0.2) is 0 Å². The van der Waals surface area contributed by atoms with Gasteiger partial charge in [0.05, 0.1) is 6.54 Å². The molecule has 1 rings (SSSR count). The second-order valence-electron chi connectivity index (χ2n) is 4.43. The Morgan fingerprint density at radius 2 is 1.89 bits per heavy atom. The average molecular weight is 262 g/mol. The molecule has 0 aliphatic rings. The molecule has 0 saturated carbocycles. The molecule has 0 aliphatic carbocycles. The molecule has 0 bridgehead atoms. The molecule has 1 aromatic rings. The summed E-state index contributed by atoms with van der Waals surface area (Å²) in [6.45, 7) is 0.828. The van der Waals surface area contributed by atoms with Gasteiger partial charge in [0.2, 0.25) is 5.91 Å². The summed E-state index contributed by atoms with van der Waals surface area (Å²) in [6, 6.07) is 7.34. The van der Waals surface area contributed by atoms with Crippen molar-refractivity contribution in [2.45, 2.75) is 6.54 Å². The van der Waals surface area contributed by atoms with Crippen LogP contribution in [0.3, 0.4) is 0 Å². The maximum Gasteiger partial charge on any atom is 0.328 e. The molecule has 1 amide bonds. The zero-order chi connectivity index (χ0) is 14.3. The predicted octanol–water partition coefficient (Wildman–Crippen LogP) is 0.962. The fourth-order valence-corrected chi connectivity index (χ4v) is 1.46. The summed E-state index contributed by atoms with van der Waals surface area (Å²) in [5, 5.41) is 11.3. The van der Waals surface area contributed by atoms with Crippen molar-refractivity contribution in [1.82, 2.24) is 10.2 Å². The summed E-state index contributed by atoms with van der Waals surface area (Å²) >= 11 is 0. The molecule has 5 nitrogen and oxygen atoms in total. The standard InChI is InChI=1S/C14H18N2O3/c1-16(2)10-13(17)15-9-12-5-3-11(4-6-12)7-8-14(18)19/h3-8H,9-10H2,1-2H3,(H,15,17)(H,18,19)/b8-7+. The van der Waals surface area contributed by atoms with Gasteiger partial charge in [-0.3, -0.25) is 4.79 Å². The number of amides is 1. The Labute approximate surface area is 112 Å². The minimum atomic E-state index is -0.972. The predicted molar refractivity (Wildman–Crippen MR) is 73.5 cm³/mol. The van der Waals surface area contributed by atoms with Gasteiger partial charge < -0.3 is 15.3 Å². The molecule has 0 radical (unpaired) electrons. The van der Waals surface area contributed by atoms with Crippen LogP contribution >= 0.6 is 0 Å². The first-order chi connectivity index (χ1) is 8.97. The topological polar surface area (TPSA) is 69.6 Å². The van der Waals surface area contributed by atoms with E-state index in [4.69, 9.17) is 5.11 Å². The van der Waals surface area contributed by atoms with Crippen LogP contribution in [0.4, 0.5) is 0 Å².